The number of pyridine rings is 1. The van der Waals surface area contributed by atoms with Crippen LogP contribution in [0.5, 0.6) is 0 Å². The zero-order valence-corrected chi connectivity index (χ0v) is 10.5. The van der Waals surface area contributed by atoms with Crippen LogP contribution < -0.4 is 0 Å². The van der Waals surface area contributed by atoms with Crippen molar-refractivity contribution in [3.8, 4) is 0 Å². The third-order valence-electron chi connectivity index (χ3n) is 3.63. The average Bonchev–Trinajstić information content (AvgIpc) is 2.32. The number of carboxylic acids is 1. The number of ketones is 1. The summed E-state index contributed by atoms with van der Waals surface area (Å²) in [5.74, 6) is -1.15. The number of carbonyl (C=O) groups is 2. The Morgan fingerprint density at radius 3 is 2.83 bits per heavy atom. The molecule has 0 spiro atoms. The van der Waals surface area contributed by atoms with Gasteiger partial charge in [0.25, 0.3) is 0 Å². The van der Waals surface area contributed by atoms with Crippen molar-refractivity contribution >= 4 is 11.8 Å². The molecule has 1 unspecified atom stereocenters. The lowest BCUT2D eigenvalue weighted by Gasteiger charge is -2.31. The van der Waals surface area contributed by atoms with Gasteiger partial charge in [-0.3, -0.25) is 14.6 Å². The Labute approximate surface area is 106 Å². The molecular formula is C14H17NO3. The van der Waals surface area contributed by atoms with Gasteiger partial charge in [-0.15, -0.1) is 0 Å². The summed E-state index contributed by atoms with van der Waals surface area (Å²) in [5.41, 5.74) is 0.280. The smallest absolute Gasteiger partial charge is 0.317 e. The fourth-order valence-corrected chi connectivity index (χ4v) is 2.59. The summed E-state index contributed by atoms with van der Waals surface area (Å²) < 4.78 is 0. The Bertz CT molecular complexity index is 484. The van der Waals surface area contributed by atoms with Gasteiger partial charge in [0, 0.05) is 24.2 Å². The molecule has 0 aliphatic heterocycles. The van der Waals surface area contributed by atoms with Gasteiger partial charge in [0.05, 0.1) is 0 Å². The lowest BCUT2D eigenvalue weighted by atomic mass is 9.70. The number of aromatic nitrogens is 1. The molecule has 1 heterocycles. The maximum Gasteiger partial charge on any atom is 0.317 e. The molecule has 4 nitrogen and oxygen atoms in total. The lowest BCUT2D eigenvalue weighted by molar-refractivity contribution is -0.157. The number of Topliss-reactive ketones (excluding diaryl/α,β-unsaturated/α-hetero) is 1. The number of aryl methyl sites for hydroxylation is 1. The first-order valence-corrected chi connectivity index (χ1v) is 6.24. The summed E-state index contributed by atoms with van der Waals surface area (Å²) in [6, 6.07) is 5.50. The predicted molar refractivity (Wildman–Crippen MR) is 66.2 cm³/mol. The lowest BCUT2D eigenvalue weighted by Crippen LogP contribution is -2.43. The monoisotopic (exact) mass is 247 g/mol. The van der Waals surface area contributed by atoms with Crippen molar-refractivity contribution in [2.24, 2.45) is 5.41 Å². The zero-order chi connectivity index (χ0) is 13.2. The van der Waals surface area contributed by atoms with E-state index in [1.807, 2.05) is 19.1 Å². The van der Waals surface area contributed by atoms with Gasteiger partial charge in [-0.05, 0) is 31.9 Å². The van der Waals surface area contributed by atoms with Crippen LogP contribution in [0.15, 0.2) is 18.2 Å². The normalized spacial score (nSPS) is 23.9. The van der Waals surface area contributed by atoms with Crippen LogP contribution >= 0.6 is 0 Å². The topological polar surface area (TPSA) is 67.3 Å². The van der Waals surface area contributed by atoms with Gasteiger partial charge in [0.1, 0.15) is 5.41 Å². The van der Waals surface area contributed by atoms with Crippen molar-refractivity contribution in [1.82, 2.24) is 4.98 Å². The highest BCUT2D eigenvalue weighted by molar-refractivity contribution is 6.03. The molecule has 1 N–H and O–H groups in total. The van der Waals surface area contributed by atoms with Crippen molar-refractivity contribution in [1.29, 1.82) is 0 Å². The first-order chi connectivity index (χ1) is 8.54. The van der Waals surface area contributed by atoms with E-state index in [1.165, 1.54) is 0 Å². The molecule has 1 aliphatic carbocycles. The summed E-state index contributed by atoms with van der Waals surface area (Å²) in [6.45, 7) is 1.86. The predicted octanol–water partition coefficient (Wildman–Crippen LogP) is 2.15. The molecule has 1 aromatic heterocycles. The first kappa shape index (κ1) is 12.7. The molecule has 2 rings (SSSR count). The van der Waals surface area contributed by atoms with Gasteiger partial charge in [0.2, 0.25) is 0 Å². The number of carboxylic acid groups (broad SMARTS) is 1. The fraction of sp³-hybridized carbons (Fsp3) is 0.500. The van der Waals surface area contributed by atoms with E-state index in [1.54, 1.807) is 6.07 Å². The second kappa shape index (κ2) is 4.88. The van der Waals surface area contributed by atoms with Crippen LogP contribution in [0.3, 0.4) is 0 Å². The van der Waals surface area contributed by atoms with Crippen LogP contribution in [0.25, 0.3) is 0 Å². The Kier molecular flexibility index (Phi) is 3.45. The van der Waals surface area contributed by atoms with Crippen molar-refractivity contribution in [2.45, 2.75) is 39.0 Å². The summed E-state index contributed by atoms with van der Waals surface area (Å²) in [4.78, 5) is 27.9. The van der Waals surface area contributed by atoms with Crippen LogP contribution in [0.2, 0.25) is 0 Å². The number of nitrogens with zero attached hydrogens (tertiary/aromatic N) is 1. The Morgan fingerprint density at radius 2 is 2.22 bits per heavy atom. The van der Waals surface area contributed by atoms with Crippen molar-refractivity contribution in [3.05, 3.63) is 29.6 Å². The van der Waals surface area contributed by atoms with Crippen LogP contribution in [-0.4, -0.2) is 21.8 Å². The minimum atomic E-state index is -1.25. The molecule has 1 atom stereocenters. The summed E-state index contributed by atoms with van der Waals surface area (Å²) in [5, 5.41) is 9.44. The van der Waals surface area contributed by atoms with E-state index in [9.17, 15) is 14.7 Å². The summed E-state index contributed by atoms with van der Waals surface area (Å²) in [6.07, 6.45) is 2.61. The molecule has 0 saturated heterocycles. The zero-order valence-electron chi connectivity index (χ0n) is 10.5. The van der Waals surface area contributed by atoms with Gasteiger partial charge in [-0.1, -0.05) is 12.5 Å². The molecule has 18 heavy (non-hydrogen) atoms. The van der Waals surface area contributed by atoms with Gasteiger partial charge < -0.3 is 5.11 Å². The number of carbonyl (C=O) groups excluding carboxylic acids is 1. The highest BCUT2D eigenvalue weighted by Gasteiger charge is 2.47. The highest BCUT2D eigenvalue weighted by Crippen LogP contribution is 2.36. The number of hydrogen-bond acceptors (Lipinski definition) is 3. The van der Waals surface area contributed by atoms with Gasteiger partial charge >= 0.3 is 5.97 Å². The molecule has 0 bridgehead atoms. The highest BCUT2D eigenvalue weighted by atomic mass is 16.4. The molecule has 1 fully saturated rings. The third kappa shape index (κ3) is 2.28. The van der Waals surface area contributed by atoms with E-state index in [-0.39, 0.29) is 12.2 Å². The van der Waals surface area contributed by atoms with E-state index in [0.717, 1.165) is 18.5 Å². The van der Waals surface area contributed by atoms with Gasteiger partial charge in [-0.2, -0.15) is 0 Å². The van der Waals surface area contributed by atoms with E-state index < -0.39 is 11.4 Å². The van der Waals surface area contributed by atoms with Crippen LogP contribution in [-0.2, 0) is 16.0 Å². The molecule has 0 aromatic carbocycles. The van der Waals surface area contributed by atoms with Crippen LogP contribution in [0.4, 0.5) is 0 Å². The minimum absolute atomic E-state index is 0.149. The van der Waals surface area contributed by atoms with Crippen LogP contribution in [0.1, 0.15) is 37.1 Å². The molecule has 4 heteroatoms. The van der Waals surface area contributed by atoms with Gasteiger partial charge in [0.15, 0.2) is 5.78 Å². The summed E-state index contributed by atoms with van der Waals surface area (Å²) in [7, 11) is 0. The number of aliphatic carboxylic acids is 1. The Morgan fingerprint density at radius 1 is 1.44 bits per heavy atom. The quantitative estimate of drug-likeness (QED) is 0.831. The molecule has 1 aliphatic rings. The van der Waals surface area contributed by atoms with Crippen molar-refractivity contribution < 1.29 is 14.7 Å². The van der Waals surface area contributed by atoms with E-state index in [0.29, 0.717) is 18.5 Å². The molecule has 1 aromatic rings. The standard InChI is InChI=1S/C14H17NO3/c1-10-5-4-6-11(15-10)9-14(13(17)18)8-3-2-7-12(14)16/h4-6H,2-3,7-9H2,1H3,(H,17,18). The second-order valence-corrected chi connectivity index (χ2v) is 4.96. The number of rotatable bonds is 3. The molecule has 0 radical (unpaired) electrons. The third-order valence-corrected chi connectivity index (χ3v) is 3.63. The van der Waals surface area contributed by atoms with E-state index >= 15 is 0 Å². The average molecular weight is 247 g/mol. The van der Waals surface area contributed by atoms with Crippen molar-refractivity contribution in [2.75, 3.05) is 0 Å². The SMILES string of the molecule is Cc1cccc(CC2(C(=O)O)CCCCC2=O)n1. The molecule has 0 amide bonds. The van der Waals surface area contributed by atoms with E-state index in [4.69, 9.17) is 0 Å². The maximum absolute atomic E-state index is 12.0. The largest absolute Gasteiger partial charge is 0.480 e. The number of hydrogen-bond donors (Lipinski definition) is 1. The molecule has 96 valence electrons. The van der Waals surface area contributed by atoms with Crippen LogP contribution in [0, 0.1) is 12.3 Å². The molecule has 1 saturated carbocycles. The Balaban J connectivity index is 2.31. The first-order valence-electron chi connectivity index (χ1n) is 6.24. The Hall–Kier alpha value is -1.71. The minimum Gasteiger partial charge on any atom is -0.480 e. The molecular weight excluding hydrogens is 230 g/mol. The maximum atomic E-state index is 12.0. The summed E-state index contributed by atoms with van der Waals surface area (Å²) >= 11 is 0. The van der Waals surface area contributed by atoms with Gasteiger partial charge in [-0.25, -0.2) is 0 Å². The van der Waals surface area contributed by atoms with Crippen molar-refractivity contribution in [3.63, 3.8) is 0 Å². The second-order valence-electron chi connectivity index (χ2n) is 4.96. The van der Waals surface area contributed by atoms with E-state index in [2.05, 4.69) is 4.98 Å². The fourth-order valence-electron chi connectivity index (χ4n) is 2.59.